The molecule has 0 saturated carbocycles. The van der Waals surface area contributed by atoms with Gasteiger partial charge >= 0.3 is 0 Å². The molecule has 0 N–H and O–H groups in total. The molecule has 1 atom stereocenters. The van der Waals surface area contributed by atoms with Crippen LogP contribution in [-0.4, -0.2) is 6.61 Å². The molecule has 0 aliphatic heterocycles. The van der Waals surface area contributed by atoms with Gasteiger partial charge in [-0.05, 0) is 37.0 Å². The van der Waals surface area contributed by atoms with E-state index in [9.17, 15) is 0 Å². The molecule has 1 nitrogen and oxygen atoms in total. The van der Waals surface area contributed by atoms with Gasteiger partial charge in [-0.2, -0.15) is 0 Å². The van der Waals surface area contributed by atoms with E-state index in [1.54, 1.807) is 0 Å². The Morgan fingerprint density at radius 1 is 1.29 bits per heavy atom. The number of benzene rings is 1. The summed E-state index contributed by atoms with van der Waals surface area (Å²) < 4.78 is 5.46. The van der Waals surface area contributed by atoms with Gasteiger partial charge in [0.05, 0.1) is 6.61 Å². The highest BCUT2D eigenvalue weighted by Gasteiger charge is 2.01. The standard InChI is InChI=1S/C13H20O/c1-4-11(3)9-12-7-6-8-13(10-12)14-5-2/h6-8,10-11H,4-5,9H2,1-3H3. The van der Waals surface area contributed by atoms with Crippen LogP contribution in [0.3, 0.4) is 0 Å². The van der Waals surface area contributed by atoms with Crippen LogP contribution < -0.4 is 4.74 Å². The largest absolute Gasteiger partial charge is 0.494 e. The van der Waals surface area contributed by atoms with Crippen LogP contribution in [0.1, 0.15) is 32.8 Å². The molecule has 1 aromatic rings. The van der Waals surface area contributed by atoms with Crippen molar-refractivity contribution >= 4 is 0 Å². The summed E-state index contributed by atoms with van der Waals surface area (Å²) in [5, 5.41) is 0. The van der Waals surface area contributed by atoms with Gasteiger partial charge in [-0.25, -0.2) is 0 Å². The maximum atomic E-state index is 5.46. The molecule has 0 aliphatic carbocycles. The average Bonchev–Trinajstić information content (AvgIpc) is 2.19. The predicted octanol–water partition coefficient (Wildman–Crippen LogP) is 3.67. The Bertz CT molecular complexity index is 268. The molecule has 1 rings (SSSR count). The molecule has 14 heavy (non-hydrogen) atoms. The first-order valence-corrected chi connectivity index (χ1v) is 5.48. The number of hydrogen-bond acceptors (Lipinski definition) is 1. The smallest absolute Gasteiger partial charge is 0.119 e. The summed E-state index contributed by atoms with van der Waals surface area (Å²) in [5.41, 5.74) is 1.38. The molecule has 0 aromatic heterocycles. The van der Waals surface area contributed by atoms with Gasteiger partial charge < -0.3 is 4.74 Å². The van der Waals surface area contributed by atoms with Crippen molar-refractivity contribution in [1.29, 1.82) is 0 Å². The first-order chi connectivity index (χ1) is 6.76. The zero-order chi connectivity index (χ0) is 10.4. The minimum absolute atomic E-state index is 0.743. The van der Waals surface area contributed by atoms with Crippen LogP contribution in [0, 0.1) is 5.92 Å². The molecule has 0 fully saturated rings. The van der Waals surface area contributed by atoms with Crippen molar-refractivity contribution in [1.82, 2.24) is 0 Å². The van der Waals surface area contributed by atoms with E-state index < -0.39 is 0 Å². The fraction of sp³-hybridized carbons (Fsp3) is 0.538. The summed E-state index contributed by atoms with van der Waals surface area (Å²) in [6.45, 7) is 7.28. The maximum Gasteiger partial charge on any atom is 0.119 e. The summed E-state index contributed by atoms with van der Waals surface area (Å²) in [6.07, 6.45) is 2.39. The first kappa shape index (κ1) is 11.1. The van der Waals surface area contributed by atoms with Crippen LogP contribution in [0.15, 0.2) is 24.3 Å². The maximum absolute atomic E-state index is 5.46. The van der Waals surface area contributed by atoms with Crippen molar-refractivity contribution in [3.63, 3.8) is 0 Å². The molecule has 0 bridgehead atoms. The first-order valence-electron chi connectivity index (χ1n) is 5.48. The van der Waals surface area contributed by atoms with Crippen LogP contribution in [-0.2, 0) is 6.42 Å². The van der Waals surface area contributed by atoms with E-state index in [1.165, 1.54) is 12.0 Å². The Labute approximate surface area is 87.1 Å². The number of ether oxygens (including phenoxy) is 1. The van der Waals surface area contributed by atoms with Gasteiger partial charge in [-0.15, -0.1) is 0 Å². The van der Waals surface area contributed by atoms with E-state index in [-0.39, 0.29) is 0 Å². The van der Waals surface area contributed by atoms with Crippen LogP contribution in [0.4, 0.5) is 0 Å². The summed E-state index contributed by atoms with van der Waals surface area (Å²) in [4.78, 5) is 0. The lowest BCUT2D eigenvalue weighted by molar-refractivity contribution is 0.339. The molecule has 1 unspecified atom stereocenters. The van der Waals surface area contributed by atoms with Crippen molar-refractivity contribution in [2.75, 3.05) is 6.61 Å². The van der Waals surface area contributed by atoms with Crippen LogP contribution in [0.25, 0.3) is 0 Å². The van der Waals surface area contributed by atoms with Gasteiger partial charge in [0.1, 0.15) is 5.75 Å². The minimum Gasteiger partial charge on any atom is -0.494 e. The Morgan fingerprint density at radius 3 is 2.71 bits per heavy atom. The molecule has 0 amide bonds. The van der Waals surface area contributed by atoms with Crippen LogP contribution in [0.2, 0.25) is 0 Å². The quantitative estimate of drug-likeness (QED) is 0.691. The zero-order valence-corrected chi connectivity index (χ0v) is 9.42. The third-order valence-corrected chi connectivity index (χ3v) is 2.49. The second kappa shape index (κ2) is 5.69. The predicted molar refractivity (Wildman–Crippen MR) is 60.8 cm³/mol. The molecule has 0 spiro atoms. The molecule has 0 radical (unpaired) electrons. The second-order valence-corrected chi connectivity index (χ2v) is 3.80. The minimum atomic E-state index is 0.743. The lowest BCUT2D eigenvalue weighted by Crippen LogP contribution is -1.98. The van der Waals surface area contributed by atoms with Gasteiger partial charge in [-0.3, -0.25) is 0 Å². The zero-order valence-electron chi connectivity index (χ0n) is 9.42. The van der Waals surface area contributed by atoms with Crippen LogP contribution >= 0.6 is 0 Å². The van der Waals surface area contributed by atoms with E-state index >= 15 is 0 Å². The van der Waals surface area contributed by atoms with E-state index in [0.29, 0.717) is 0 Å². The monoisotopic (exact) mass is 192 g/mol. The summed E-state index contributed by atoms with van der Waals surface area (Å²) >= 11 is 0. The number of rotatable bonds is 5. The molecular formula is C13H20O. The van der Waals surface area contributed by atoms with Crippen LogP contribution in [0.5, 0.6) is 5.75 Å². The summed E-state index contributed by atoms with van der Waals surface area (Å²) in [6, 6.07) is 8.41. The van der Waals surface area contributed by atoms with E-state index in [2.05, 4.69) is 32.0 Å². The van der Waals surface area contributed by atoms with Crippen molar-refractivity contribution in [2.45, 2.75) is 33.6 Å². The van der Waals surface area contributed by atoms with E-state index in [1.807, 2.05) is 13.0 Å². The molecule has 0 heterocycles. The average molecular weight is 192 g/mol. The Kier molecular flexibility index (Phi) is 4.51. The molecule has 1 aromatic carbocycles. The van der Waals surface area contributed by atoms with Gasteiger partial charge in [0.2, 0.25) is 0 Å². The number of hydrogen-bond donors (Lipinski definition) is 0. The van der Waals surface area contributed by atoms with Gasteiger partial charge in [0, 0.05) is 0 Å². The van der Waals surface area contributed by atoms with Crippen molar-refractivity contribution in [2.24, 2.45) is 5.92 Å². The van der Waals surface area contributed by atoms with E-state index in [4.69, 9.17) is 4.74 Å². The third kappa shape index (κ3) is 3.41. The highest BCUT2D eigenvalue weighted by Crippen LogP contribution is 2.17. The molecule has 0 aliphatic rings. The van der Waals surface area contributed by atoms with Crippen molar-refractivity contribution in [3.05, 3.63) is 29.8 Å². The lowest BCUT2D eigenvalue weighted by Gasteiger charge is -2.09. The SMILES string of the molecule is CCOc1cccc(CC(C)CC)c1. The lowest BCUT2D eigenvalue weighted by atomic mass is 9.99. The fourth-order valence-electron chi connectivity index (χ4n) is 1.48. The normalized spacial score (nSPS) is 12.5. The van der Waals surface area contributed by atoms with Gasteiger partial charge in [-0.1, -0.05) is 32.4 Å². The van der Waals surface area contributed by atoms with Gasteiger partial charge in [0.25, 0.3) is 0 Å². The topological polar surface area (TPSA) is 9.23 Å². The van der Waals surface area contributed by atoms with E-state index in [0.717, 1.165) is 24.7 Å². The summed E-state index contributed by atoms with van der Waals surface area (Å²) in [7, 11) is 0. The third-order valence-electron chi connectivity index (χ3n) is 2.49. The van der Waals surface area contributed by atoms with Crippen molar-refractivity contribution in [3.8, 4) is 5.75 Å². The molecule has 0 saturated heterocycles. The van der Waals surface area contributed by atoms with Crippen molar-refractivity contribution < 1.29 is 4.74 Å². The Morgan fingerprint density at radius 2 is 2.07 bits per heavy atom. The Balaban J connectivity index is 2.63. The fourth-order valence-corrected chi connectivity index (χ4v) is 1.48. The van der Waals surface area contributed by atoms with Gasteiger partial charge in [0.15, 0.2) is 0 Å². The second-order valence-electron chi connectivity index (χ2n) is 3.80. The molecule has 78 valence electrons. The summed E-state index contributed by atoms with van der Waals surface area (Å²) in [5.74, 6) is 1.75. The molecular weight excluding hydrogens is 172 g/mol. The highest BCUT2D eigenvalue weighted by molar-refractivity contribution is 5.28. The highest BCUT2D eigenvalue weighted by atomic mass is 16.5. The molecule has 1 heteroatoms. The Hall–Kier alpha value is -0.980.